The number of hydrogen-bond donors (Lipinski definition) is 11. The molecule has 0 unspecified atom stereocenters. The molecular weight excluding hydrogens is 828 g/mol. The number of aliphatic hydroxyl groups is 11. The second-order valence-electron chi connectivity index (χ2n) is 21.4. The highest BCUT2D eigenvalue weighted by Gasteiger charge is 2.68. The van der Waals surface area contributed by atoms with Crippen molar-refractivity contribution in [2.45, 2.75) is 209 Å². The van der Waals surface area contributed by atoms with Gasteiger partial charge in [-0.1, -0.05) is 27.7 Å². The van der Waals surface area contributed by atoms with Gasteiger partial charge in [-0.15, -0.1) is 0 Å². The summed E-state index contributed by atoms with van der Waals surface area (Å²) >= 11 is 0. The highest BCUT2D eigenvalue weighted by molar-refractivity contribution is 5.15. The van der Waals surface area contributed by atoms with Crippen LogP contribution in [0.2, 0.25) is 0 Å². The third-order valence-electron chi connectivity index (χ3n) is 17.9. The third kappa shape index (κ3) is 8.60. The summed E-state index contributed by atoms with van der Waals surface area (Å²) in [5.74, 6) is 0.658. The van der Waals surface area contributed by atoms with Crippen molar-refractivity contribution in [3.63, 3.8) is 0 Å². The molecule has 364 valence electrons. The summed E-state index contributed by atoms with van der Waals surface area (Å²) in [6.07, 6.45) is -12.1. The van der Waals surface area contributed by atoms with Gasteiger partial charge in [0.05, 0.1) is 38.1 Å². The summed E-state index contributed by atoms with van der Waals surface area (Å²) in [6.45, 7) is 9.57. The molecule has 0 spiro atoms. The van der Waals surface area contributed by atoms with Crippen LogP contribution >= 0.6 is 0 Å². The first kappa shape index (κ1) is 48.7. The second-order valence-corrected chi connectivity index (χ2v) is 21.4. The van der Waals surface area contributed by atoms with Crippen LogP contribution in [0.25, 0.3) is 0 Å². The topological polar surface area (TPSA) is 287 Å². The van der Waals surface area contributed by atoms with E-state index in [-0.39, 0.29) is 47.4 Å². The standard InChI is InChI=1S/C45H76O18/c1-19(18-57-40-37(54)35(52)32(49)28(16-46)60-40)8-13-45(56)20(2)30-27(63-45)15-26-24-7-6-22-14-23(9-11-43(22,4)25(24)10-12-44(26,30)5)59-42-39(36(53)33(50)29(17-47)61-42)62-41-38(55)34(51)31(48)21(3)58-41/h19-42,46-56H,6-18H2,1-5H3/t19-,20-,21-,22-,23-,24+,25-,26-,27-,28+,29+,30-,31-,32+,33+,34+,35-,36-,37+,38+,39+,40+,41-,42+,43-,44-,45-/m0/s1. The highest BCUT2D eigenvalue weighted by atomic mass is 16.8. The minimum absolute atomic E-state index is 0.0145. The number of ether oxygens (including phenoxy) is 7. The van der Waals surface area contributed by atoms with E-state index in [1.54, 1.807) is 0 Å². The van der Waals surface area contributed by atoms with Crippen LogP contribution in [-0.4, -0.2) is 186 Å². The van der Waals surface area contributed by atoms with E-state index in [2.05, 4.69) is 20.8 Å². The Morgan fingerprint density at radius 1 is 0.651 bits per heavy atom. The van der Waals surface area contributed by atoms with Crippen LogP contribution in [0.1, 0.15) is 98.8 Å². The van der Waals surface area contributed by atoms with Crippen molar-refractivity contribution >= 4 is 0 Å². The molecule has 0 aromatic heterocycles. The summed E-state index contributed by atoms with van der Waals surface area (Å²) in [5.41, 5.74) is 0.0866. The SMILES string of the molecule is C[C@@H](CC[C@]1(O)O[C@H]2C[C@H]3[C@@H]4CC[C@H]5C[C@@H](O[C@@H]6O[C@H](CO)[C@@H](O)[C@H](O)[C@H]6O[C@@H]6O[C@@H](C)[C@H](O)[C@@H](O)[C@H]6O)CC[C@]5(C)[C@H]4CC[C@]3(C)[C@H]2[C@@H]1C)CO[C@@H]1O[C@H](CO)[C@@H](O)[C@H](O)[C@H]1O. The molecule has 63 heavy (non-hydrogen) atoms. The lowest BCUT2D eigenvalue weighted by Gasteiger charge is -2.61. The predicted octanol–water partition coefficient (Wildman–Crippen LogP) is -0.752. The van der Waals surface area contributed by atoms with Gasteiger partial charge >= 0.3 is 0 Å². The average Bonchev–Trinajstić information content (AvgIpc) is 3.70. The van der Waals surface area contributed by atoms with Crippen LogP contribution in [0.5, 0.6) is 0 Å². The summed E-state index contributed by atoms with van der Waals surface area (Å²) in [4.78, 5) is 0. The molecule has 0 bridgehead atoms. The van der Waals surface area contributed by atoms with Crippen molar-refractivity contribution in [3.8, 4) is 0 Å². The fraction of sp³-hybridized carbons (Fsp3) is 1.00. The van der Waals surface area contributed by atoms with Gasteiger partial charge in [0.25, 0.3) is 0 Å². The molecule has 0 aromatic rings. The lowest BCUT2D eigenvalue weighted by atomic mass is 9.44. The van der Waals surface area contributed by atoms with E-state index in [0.717, 1.165) is 51.4 Å². The molecule has 18 nitrogen and oxygen atoms in total. The van der Waals surface area contributed by atoms with Gasteiger partial charge in [0.2, 0.25) is 0 Å². The Balaban J connectivity index is 0.868. The van der Waals surface area contributed by atoms with Gasteiger partial charge in [-0.05, 0) is 111 Å². The Morgan fingerprint density at radius 3 is 1.98 bits per heavy atom. The Morgan fingerprint density at radius 2 is 1.29 bits per heavy atom. The summed E-state index contributed by atoms with van der Waals surface area (Å²) < 4.78 is 42.2. The molecule has 18 heteroatoms. The van der Waals surface area contributed by atoms with E-state index in [1.807, 2.05) is 6.92 Å². The van der Waals surface area contributed by atoms with E-state index in [9.17, 15) is 56.2 Å². The number of rotatable bonds is 12. The molecular formula is C45H76O18. The third-order valence-corrected chi connectivity index (χ3v) is 17.9. The van der Waals surface area contributed by atoms with E-state index >= 15 is 0 Å². The maximum absolute atomic E-state index is 12.1. The van der Waals surface area contributed by atoms with Crippen LogP contribution in [0.3, 0.4) is 0 Å². The molecule has 4 aliphatic carbocycles. The molecule has 4 aliphatic heterocycles. The van der Waals surface area contributed by atoms with Crippen molar-refractivity contribution in [3.05, 3.63) is 0 Å². The van der Waals surface area contributed by atoms with Gasteiger partial charge in [-0.3, -0.25) is 0 Å². The van der Waals surface area contributed by atoms with Crippen LogP contribution in [0.4, 0.5) is 0 Å². The van der Waals surface area contributed by atoms with Crippen LogP contribution in [0.15, 0.2) is 0 Å². The Labute approximate surface area is 369 Å². The Hall–Kier alpha value is -0.720. The largest absolute Gasteiger partial charge is 0.394 e. The molecule has 4 saturated carbocycles. The van der Waals surface area contributed by atoms with Crippen LogP contribution in [-0.2, 0) is 33.2 Å². The smallest absolute Gasteiger partial charge is 0.187 e. The highest BCUT2D eigenvalue weighted by Crippen LogP contribution is 2.71. The maximum atomic E-state index is 12.1. The quantitative estimate of drug-likeness (QED) is 0.107. The zero-order chi connectivity index (χ0) is 45.5. The zero-order valence-electron chi connectivity index (χ0n) is 37.3. The fourth-order valence-electron chi connectivity index (χ4n) is 14.1. The number of aliphatic hydroxyl groups excluding tert-OH is 10. The summed E-state index contributed by atoms with van der Waals surface area (Å²) in [7, 11) is 0. The van der Waals surface area contributed by atoms with Crippen molar-refractivity contribution < 1.29 is 89.3 Å². The summed E-state index contributed by atoms with van der Waals surface area (Å²) in [6, 6.07) is 0. The van der Waals surface area contributed by atoms with Crippen molar-refractivity contribution in [1.82, 2.24) is 0 Å². The monoisotopic (exact) mass is 905 g/mol. The lowest BCUT2D eigenvalue weighted by molar-refractivity contribution is -0.371. The Kier molecular flexibility index (Phi) is 14.4. The lowest BCUT2D eigenvalue weighted by Crippen LogP contribution is -2.64. The maximum Gasteiger partial charge on any atom is 0.187 e. The van der Waals surface area contributed by atoms with Gasteiger partial charge in [0.1, 0.15) is 67.1 Å². The van der Waals surface area contributed by atoms with E-state index in [4.69, 9.17) is 33.2 Å². The molecule has 0 radical (unpaired) electrons. The predicted molar refractivity (Wildman–Crippen MR) is 218 cm³/mol. The molecule has 8 rings (SSSR count). The normalized spacial score (nSPS) is 56.3. The summed E-state index contributed by atoms with van der Waals surface area (Å²) in [5, 5.41) is 115. The fourth-order valence-corrected chi connectivity index (χ4v) is 14.1. The molecule has 27 atom stereocenters. The molecule has 4 saturated heterocycles. The van der Waals surface area contributed by atoms with Gasteiger partial charge in [0.15, 0.2) is 24.7 Å². The van der Waals surface area contributed by atoms with E-state index < -0.39 is 111 Å². The minimum atomic E-state index is -1.64. The molecule has 0 amide bonds. The first-order chi connectivity index (χ1) is 29.8. The average molecular weight is 905 g/mol. The van der Waals surface area contributed by atoms with Crippen molar-refractivity contribution in [2.75, 3.05) is 19.8 Å². The van der Waals surface area contributed by atoms with Crippen molar-refractivity contribution in [1.29, 1.82) is 0 Å². The minimum Gasteiger partial charge on any atom is -0.394 e. The Bertz CT molecular complexity index is 1540. The molecule has 11 N–H and O–H groups in total. The first-order valence-corrected chi connectivity index (χ1v) is 23.7. The van der Waals surface area contributed by atoms with Crippen LogP contribution in [0, 0.1) is 52.3 Å². The van der Waals surface area contributed by atoms with Crippen molar-refractivity contribution in [2.24, 2.45) is 52.3 Å². The van der Waals surface area contributed by atoms with Gasteiger partial charge < -0.3 is 89.3 Å². The van der Waals surface area contributed by atoms with Crippen LogP contribution < -0.4 is 0 Å². The molecule has 8 aliphatic rings. The molecule has 0 aromatic carbocycles. The van der Waals surface area contributed by atoms with Gasteiger partial charge in [-0.25, -0.2) is 0 Å². The molecule has 4 heterocycles. The second kappa shape index (κ2) is 18.6. The van der Waals surface area contributed by atoms with E-state index in [0.29, 0.717) is 36.5 Å². The van der Waals surface area contributed by atoms with Gasteiger partial charge in [-0.2, -0.15) is 0 Å². The zero-order valence-corrected chi connectivity index (χ0v) is 37.3. The van der Waals surface area contributed by atoms with Gasteiger partial charge in [0, 0.05) is 12.3 Å². The van der Waals surface area contributed by atoms with E-state index in [1.165, 1.54) is 6.92 Å². The number of hydrogen-bond acceptors (Lipinski definition) is 18. The number of fused-ring (bicyclic) bond motifs is 7. The molecule has 8 fully saturated rings. The first-order valence-electron chi connectivity index (χ1n) is 23.7.